The second-order valence-electron chi connectivity index (χ2n) is 6.91. The maximum Gasteiger partial charge on any atom is 0.407 e. The van der Waals surface area contributed by atoms with Crippen molar-refractivity contribution in [2.45, 2.75) is 77.5 Å². The lowest BCUT2D eigenvalue weighted by Gasteiger charge is -2.26. The largest absolute Gasteiger partial charge is 0.444 e. The number of amides is 1. The first-order valence-electron chi connectivity index (χ1n) is 8.34. The van der Waals surface area contributed by atoms with E-state index in [1.807, 2.05) is 20.8 Å². The van der Waals surface area contributed by atoms with Crippen molar-refractivity contribution in [3.63, 3.8) is 0 Å². The molecule has 0 aliphatic carbocycles. The molecule has 0 aromatic rings. The van der Waals surface area contributed by atoms with Crippen molar-refractivity contribution in [2.24, 2.45) is 0 Å². The van der Waals surface area contributed by atoms with Crippen LogP contribution in [-0.4, -0.2) is 43.4 Å². The van der Waals surface area contributed by atoms with Crippen LogP contribution in [0.4, 0.5) is 4.79 Å². The van der Waals surface area contributed by atoms with Gasteiger partial charge >= 0.3 is 6.09 Å². The molecule has 1 heterocycles. The van der Waals surface area contributed by atoms with Gasteiger partial charge in [0.1, 0.15) is 5.60 Å². The minimum atomic E-state index is -0.440. The molecule has 5 heteroatoms. The number of rotatable bonds is 6. The first-order valence-corrected chi connectivity index (χ1v) is 8.34. The van der Waals surface area contributed by atoms with Crippen LogP contribution < -0.4 is 16.0 Å². The van der Waals surface area contributed by atoms with Gasteiger partial charge in [0.2, 0.25) is 0 Å². The standard InChI is InChI=1S/C16H33N3O2/c1-5-7-14(12-18-15(20)21-16(2,3)4)19-13-8-6-10-17-11-9-13/h13-14,17,19H,5-12H2,1-4H3,(H,18,20). The number of hydrogen-bond donors (Lipinski definition) is 3. The van der Waals surface area contributed by atoms with E-state index in [1.165, 1.54) is 12.8 Å². The topological polar surface area (TPSA) is 62.4 Å². The second kappa shape index (κ2) is 9.26. The molecule has 1 amide bonds. The Morgan fingerprint density at radius 1 is 1.33 bits per heavy atom. The summed E-state index contributed by atoms with van der Waals surface area (Å²) in [6, 6.07) is 0.877. The van der Waals surface area contributed by atoms with Gasteiger partial charge in [-0.15, -0.1) is 0 Å². The van der Waals surface area contributed by atoms with E-state index in [9.17, 15) is 4.79 Å². The fraction of sp³-hybridized carbons (Fsp3) is 0.938. The number of ether oxygens (including phenoxy) is 1. The van der Waals surface area contributed by atoms with Gasteiger partial charge in [0.15, 0.2) is 0 Å². The lowest BCUT2D eigenvalue weighted by Crippen LogP contribution is -2.46. The average Bonchev–Trinajstić information content (AvgIpc) is 2.63. The van der Waals surface area contributed by atoms with Crippen LogP contribution in [0.3, 0.4) is 0 Å². The molecule has 5 nitrogen and oxygen atoms in total. The summed E-state index contributed by atoms with van der Waals surface area (Å²) in [7, 11) is 0. The molecule has 0 saturated carbocycles. The zero-order chi connectivity index (χ0) is 15.7. The van der Waals surface area contributed by atoms with Crippen LogP contribution >= 0.6 is 0 Å². The van der Waals surface area contributed by atoms with Crippen molar-refractivity contribution in [1.82, 2.24) is 16.0 Å². The quantitative estimate of drug-likeness (QED) is 0.705. The summed E-state index contributed by atoms with van der Waals surface area (Å²) in [5, 5.41) is 10.0. The van der Waals surface area contributed by atoms with Crippen LogP contribution in [0.5, 0.6) is 0 Å². The molecular weight excluding hydrogens is 266 g/mol. The predicted molar refractivity (Wildman–Crippen MR) is 86.6 cm³/mol. The molecule has 0 spiro atoms. The highest BCUT2D eigenvalue weighted by atomic mass is 16.6. The van der Waals surface area contributed by atoms with Crippen LogP contribution in [0.1, 0.15) is 59.8 Å². The molecule has 1 rings (SSSR count). The Morgan fingerprint density at radius 3 is 2.76 bits per heavy atom. The first-order chi connectivity index (χ1) is 9.90. The first kappa shape index (κ1) is 18.2. The molecule has 3 N–H and O–H groups in total. The van der Waals surface area contributed by atoms with E-state index in [1.54, 1.807) is 0 Å². The van der Waals surface area contributed by atoms with Gasteiger partial charge in [-0.05, 0) is 59.5 Å². The number of hydrogen-bond acceptors (Lipinski definition) is 4. The molecule has 0 aromatic carbocycles. The summed E-state index contributed by atoms with van der Waals surface area (Å²) >= 11 is 0. The summed E-state index contributed by atoms with van der Waals surface area (Å²) in [6.07, 6.45) is 5.44. The Morgan fingerprint density at radius 2 is 2.10 bits per heavy atom. The fourth-order valence-corrected chi connectivity index (χ4v) is 2.63. The van der Waals surface area contributed by atoms with Crippen LogP contribution in [-0.2, 0) is 4.74 Å². The van der Waals surface area contributed by atoms with Crippen molar-refractivity contribution < 1.29 is 9.53 Å². The van der Waals surface area contributed by atoms with Gasteiger partial charge in [-0.2, -0.15) is 0 Å². The molecule has 21 heavy (non-hydrogen) atoms. The number of nitrogens with one attached hydrogen (secondary N) is 3. The van der Waals surface area contributed by atoms with Crippen LogP contribution in [0.25, 0.3) is 0 Å². The number of carbonyl (C=O) groups is 1. The van der Waals surface area contributed by atoms with Crippen molar-refractivity contribution in [3.8, 4) is 0 Å². The Bertz CT molecular complexity index is 294. The second-order valence-corrected chi connectivity index (χ2v) is 6.91. The third-order valence-electron chi connectivity index (χ3n) is 3.58. The molecule has 1 fully saturated rings. The summed E-state index contributed by atoms with van der Waals surface area (Å²) in [4.78, 5) is 11.7. The zero-order valence-electron chi connectivity index (χ0n) is 14.1. The predicted octanol–water partition coefficient (Wildman–Crippen LogP) is 2.41. The van der Waals surface area contributed by atoms with Gasteiger partial charge in [0.25, 0.3) is 0 Å². The van der Waals surface area contributed by atoms with Crippen LogP contribution in [0.15, 0.2) is 0 Å². The van der Waals surface area contributed by atoms with E-state index < -0.39 is 5.60 Å². The summed E-state index contributed by atoms with van der Waals surface area (Å²) in [5.74, 6) is 0. The highest BCUT2D eigenvalue weighted by Gasteiger charge is 2.19. The van der Waals surface area contributed by atoms with Gasteiger partial charge in [-0.25, -0.2) is 4.79 Å². The highest BCUT2D eigenvalue weighted by Crippen LogP contribution is 2.09. The summed E-state index contributed by atoms with van der Waals surface area (Å²) in [5.41, 5.74) is -0.440. The molecule has 124 valence electrons. The van der Waals surface area contributed by atoms with Crippen LogP contribution in [0.2, 0.25) is 0 Å². The van der Waals surface area contributed by atoms with Gasteiger partial charge in [-0.3, -0.25) is 0 Å². The van der Waals surface area contributed by atoms with E-state index in [0.717, 1.165) is 32.4 Å². The highest BCUT2D eigenvalue weighted by molar-refractivity contribution is 5.67. The molecule has 2 atom stereocenters. The monoisotopic (exact) mass is 299 g/mol. The Balaban J connectivity index is 2.36. The van der Waals surface area contributed by atoms with Crippen LogP contribution in [0, 0.1) is 0 Å². The lowest BCUT2D eigenvalue weighted by atomic mass is 10.1. The molecule has 1 saturated heterocycles. The Labute approximate surface area is 129 Å². The minimum Gasteiger partial charge on any atom is -0.444 e. The normalized spacial score (nSPS) is 21.4. The van der Waals surface area contributed by atoms with E-state index in [2.05, 4.69) is 22.9 Å². The van der Waals surface area contributed by atoms with E-state index >= 15 is 0 Å². The summed E-state index contributed by atoms with van der Waals surface area (Å²) < 4.78 is 5.29. The Hall–Kier alpha value is -0.810. The third kappa shape index (κ3) is 8.94. The zero-order valence-corrected chi connectivity index (χ0v) is 14.1. The van der Waals surface area contributed by atoms with Crippen molar-refractivity contribution in [2.75, 3.05) is 19.6 Å². The number of carbonyl (C=O) groups excluding carboxylic acids is 1. The van der Waals surface area contributed by atoms with Crippen molar-refractivity contribution >= 4 is 6.09 Å². The van der Waals surface area contributed by atoms with Crippen molar-refractivity contribution in [1.29, 1.82) is 0 Å². The molecule has 1 aliphatic rings. The number of alkyl carbamates (subject to hydrolysis) is 1. The van der Waals surface area contributed by atoms with Gasteiger partial charge in [0.05, 0.1) is 0 Å². The molecule has 0 radical (unpaired) electrons. The fourth-order valence-electron chi connectivity index (χ4n) is 2.63. The maximum atomic E-state index is 11.7. The summed E-state index contributed by atoms with van der Waals surface area (Å²) in [6.45, 7) is 10.7. The molecule has 2 unspecified atom stereocenters. The van der Waals surface area contributed by atoms with Gasteiger partial charge in [0, 0.05) is 18.6 Å². The minimum absolute atomic E-state index is 0.325. The van der Waals surface area contributed by atoms with Gasteiger partial charge in [-0.1, -0.05) is 13.3 Å². The SMILES string of the molecule is CCCC(CNC(=O)OC(C)(C)C)NC1CCCNCC1. The molecular formula is C16H33N3O2. The Kier molecular flexibility index (Phi) is 8.04. The molecule has 0 bridgehead atoms. The lowest BCUT2D eigenvalue weighted by molar-refractivity contribution is 0.0520. The van der Waals surface area contributed by atoms with E-state index in [0.29, 0.717) is 18.6 Å². The van der Waals surface area contributed by atoms with E-state index in [-0.39, 0.29) is 6.09 Å². The third-order valence-corrected chi connectivity index (χ3v) is 3.58. The molecule has 1 aliphatic heterocycles. The van der Waals surface area contributed by atoms with E-state index in [4.69, 9.17) is 4.74 Å². The smallest absolute Gasteiger partial charge is 0.407 e. The molecule has 0 aromatic heterocycles. The average molecular weight is 299 g/mol. The van der Waals surface area contributed by atoms with Gasteiger partial charge < -0.3 is 20.7 Å². The maximum absolute atomic E-state index is 11.7. The van der Waals surface area contributed by atoms with Crippen molar-refractivity contribution in [3.05, 3.63) is 0 Å².